The number of amides is 1. The van der Waals surface area contributed by atoms with Crippen LogP contribution < -0.4 is 5.32 Å². The van der Waals surface area contributed by atoms with Crippen LogP contribution in [0, 0.1) is 12.8 Å². The summed E-state index contributed by atoms with van der Waals surface area (Å²) in [7, 11) is -3.44. The molecule has 2 aromatic rings. The molecular weight excluding hydrogens is 380 g/mol. The highest BCUT2D eigenvalue weighted by molar-refractivity contribution is 7.91. The molecule has 1 fully saturated rings. The van der Waals surface area contributed by atoms with E-state index in [4.69, 9.17) is 11.6 Å². The molecule has 0 atom stereocenters. The van der Waals surface area contributed by atoms with E-state index in [1.807, 2.05) is 13.0 Å². The molecule has 2 heterocycles. The number of thiophene rings is 1. The minimum absolute atomic E-state index is 0.112. The Morgan fingerprint density at radius 2 is 2.00 bits per heavy atom. The molecule has 0 spiro atoms. The monoisotopic (exact) mass is 398 g/mol. The van der Waals surface area contributed by atoms with Gasteiger partial charge in [0.15, 0.2) is 0 Å². The predicted molar refractivity (Wildman–Crippen MR) is 101 cm³/mol. The van der Waals surface area contributed by atoms with Gasteiger partial charge in [-0.1, -0.05) is 23.7 Å². The van der Waals surface area contributed by atoms with Crippen molar-refractivity contribution in [2.24, 2.45) is 5.92 Å². The van der Waals surface area contributed by atoms with Gasteiger partial charge in [-0.05, 0) is 48.9 Å². The van der Waals surface area contributed by atoms with Crippen LogP contribution in [-0.4, -0.2) is 31.7 Å². The van der Waals surface area contributed by atoms with Gasteiger partial charge in [0.2, 0.25) is 5.91 Å². The third kappa shape index (κ3) is 4.06. The maximum Gasteiger partial charge on any atom is 0.252 e. The molecule has 134 valence electrons. The number of hydrogen-bond acceptors (Lipinski definition) is 4. The summed E-state index contributed by atoms with van der Waals surface area (Å²) in [6.07, 6.45) is 1.000. The highest BCUT2D eigenvalue weighted by atomic mass is 35.5. The van der Waals surface area contributed by atoms with Gasteiger partial charge in [-0.3, -0.25) is 4.79 Å². The van der Waals surface area contributed by atoms with Gasteiger partial charge in [0.1, 0.15) is 4.21 Å². The van der Waals surface area contributed by atoms with Gasteiger partial charge in [0, 0.05) is 19.0 Å². The van der Waals surface area contributed by atoms with Gasteiger partial charge in [-0.15, -0.1) is 11.3 Å². The number of carbonyl (C=O) groups excluding carboxylic acids is 1. The highest BCUT2D eigenvalue weighted by Crippen LogP contribution is 2.28. The summed E-state index contributed by atoms with van der Waals surface area (Å²) in [5, 5.41) is 5.11. The Kier molecular flexibility index (Phi) is 5.48. The van der Waals surface area contributed by atoms with E-state index in [2.05, 4.69) is 5.32 Å². The van der Waals surface area contributed by atoms with Crippen molar-refractivity contribution in [1.29, 1.82) is 0 Å². The standard InChI is InChI=1S/C17H19ClN2O3S2/c1-12-4-5-15(14(18)11-12)19-17(21)13-6-8-20(9-7-13)25(22,23)16-3-2-10-24-16/h2-5,10-11,13H,6-9H2,1H3,(H,19,21). The SMILES string of the molecule is Cc1ccc(NC(=O)C2CCN(S(=O)(=O)c3cccs3)CC2)c(Cl)c1. The van der Waals surface area contributed by atoms with E-state index in [9.17, 15) is 13.2 Å². The number of hydrogen-bond donors (Lipinski definition) is 1. The van der Waals surface area contributed by atoms with Crippen molar-refractivity contribution < 1.29 is 13.2 Å². The molecule has 1 N–H and O–H groups in total. The summed E-state index contributed by atoms with van der Waals surface area (Å²) in [5.74, 6) is -0.328. The minimum atomic E-state index is -3.44. The molecule has 25 heavy (non-hydrogen) atoms. The Labute approximate surface area is 156 Å². The van der Waals surface area contributed by atoms with E-state index in [0.717, 1.165) is 5.56 Å². The number of anilines is 1. The molecule has 0 unspecified atom stereocenters. The largest absolute Gasteiger partial charge is 0.325 e. The first kappa shape index (κ1) is 18.4. The van der Waals surface area contributed by atoms with E-state index in [1.54, 1.807) is 29.6 Å². The maximum absolute atomic E-state index is 12.5. The van der Waals surface area contributed by atoms with E-state index < -0.39 is 10.0 Å². The first-order valence-electron chi connectivity index (χ1n) is 7.98. The smallest absolute Gasteiger partial charge is 0.252 e. The first-order chi connectivity index (χ1) is 11.9. The van der Waals surface area contributed by atoms with Crippen molar-refractivity contribution in [3.8, 4) is 0 Å². The zero-order valence-corrected chi connectivity index (χ0v) is 16.1. The molecule has 1 amide bonds. The Morgan fingerprint density at radius 1 is 1.28 bits per heavy atom. The normalized spacial score (nSPS) is 16.7. The van der Waals surface area contributed by atoms with Crippen LogP contribution in [-0.2, 0) is 14.8 Å². The molecule has 1 aromatic heterocycles. The molecule has 8 heteroatoms. The fourth-order valence-electron chi connectivity index (χ4n) is 2.85. The fourth-order valence-corrected chi connectivity index (χ4v) is 5.75. The molecule has 1 aliphatic heterocycles. The quantitative estimate of drug-likeness (QED) is 0.852. The van der Waals surface area contributed by atoms with Crippen LogP contribution in [0.15, 0.2) is 39.9 Å². The molecule has 0 bridgehead atoms. The lowest BCUT2D eigenvalue weighted by Gasteiger charge is -2.30. The molecule has 1 saturated heterocycles. The van der Waals surface area contributed by atoms with Gasteiger partial charge >= 0.3 is 0 Å². The van der Waals surface area contributed by atoms with Crippen molar-refractivity contribution in [2.45, 2.75) is 24.0 Å². The number of aryl methyl sites for hydroxylation is 1. The molecule has 3 rings (SSSR count). The van der Waals surface area contributed by atoms with Crippen LogP contribution >= 0.6 is 22.9 Å². The summed E-state index contributed by atoms with van der Waals surface area (Å²) in [5.41, 5.74) is 1.61. The van der Waals surface area contributed by atoms with Crippen molar-refractivity contribution >= 4 is 44.6 Å². The van der Waals surface area contributed by atoms with Crippen molar-refractivity contribution in [3.05, 3.63) is 46.3 Å². The molecule has 1 aromatic carbocycles. The van der Waals surface area contributed by atoms with Crippen LogP contribution in [0.25, 0.3) is 0 Å². The van der Waals surface area contributed by atoms with Gasteiger partial charge < -0.3 is 5.32 Å². The Morgan fingerprint density at radius 3 is 2.60 bits per heavy atom. The lowest BCUT2D eigenvalue weighted by Crippen LogP contribution is -2.41. The van der Waals surface area contributed by atoms with Crippen molar-refractivity contribution in [3.63, 3.8) is 0 Å². The Bertz CT molecular complexity index is 858. The van der Waals surface area contributed by atoms with E-state index in [1.165, 1.54) is 15.6 Å². The molecule has 0 aliphatic carbocycles. The zero-order valence-electron chi connectivity index (χ0n) is 13.7. The van der Waals surface area contributed by atoms with Crippen LogP contribution in [0.4, 0.5) is 5.69 Å². The number of piperidine rings is 1. The minimum Gasteiger partial charge on any atom is -0.325 e. The molecular formula is C17H19ClN2O3S2. The number of halogens is 1. The van der Waals surface area contributed by atoms with E-state index in [0.29, 0.717) is 40.9 Å². The second kappa shape index (κ2) is 7.45. The average molecular weight is 399 g/mol. The van der Waals surface area contributed by atoms with Crippen LogP contribution in [0.2, 0.25) is 5.02 Å². The summed E-state index contributed by atoms with van der Waals surface area (Å²) in [6, 6.07) is 8.80. The number of nitrogens with zero attached hydrogens (tertiary/aromatic N) is 1. The van der Waals surface area contributed by atoms with Crippen LogP contribution in [0.1, 0.15) is 18.4 Å². The van der Waals surface area contributed by atoms with Gasteiger partial charge in [0.05, 0.1) is 10.7 Å². The molecule has 0 saturated carbocycles. The lowest BCUT2D eigenvalue weighted by molar-refractivity contribution is -0.120. The summed E-state index contributed by atoms with van der Waals surface area (Å²) in [6.45, 7) is 2.63. The average Bonchev–Trinajstić information content (AvgIpc) is 3.13. The summed E-state index contributed by atoms with van der Waals surface area (Å²) < 4.78 is 26.8. The van der Waals surface area contributed by atoms with Crippen molar-refractivity contribution in [1.82, 2.24) is 4.31 Å². The topological polar surface area (TPSA) is 66.5 Å². The van der Waals surface area contributed by atoms with Gasteiger partial charge in [-0.2, -0.15) is 4.31 Å². The third-order valence-electron chi connectivity index (χ3n) is 4.30. The van der Waals surface area contributed by atoms with Crippen molar-refractivity contribution in [2.75, 3.05) is 18.4 Å². The lowest BCUT2D eigenvalue weighted by atomic mass is 9.97. The highest BCUT2D eigenvalue weighted by Gasteiger charge is 2.32. The zero-order chi connectivity index (χ0) is 18.0. The number of benzene rings is 1. The summed E-state index contributed by atoms with van der Waals surface area (Å²) >= 11 is 7.36. The second-order valence-corrected chi connectivity index (χ2v) is 9.60. The Balaban J connectivity index is 1.61. The first-order valence-corrected chi connectivity index (χ1v) is 10.7. The molecule has 5 nitrogen and oxygen atoms in total. The molecule has 1 aliphatic rings. The van der Waals surface area contributed by atoms with E-state index in [-0.39, 0.29) is 11.8 Å². The number of nitrogens with one attached hydrogen (secondary N) is 1. The second-order valence-electron chi connectivity index (χ2n) is 6.08. The van der Waals surface area contributed by atoms with Crippen LogP contribution in [0.5, 0.6) is 0 Å². The third-order valence-corrected chi connectivity index (χ3v) is 7.88. The van der Waals surface area contributed by atoms with Crippen LogP contribution in [0.3, 0.4) is 0 Å². The number of carbonyl (C=O) groups is 1. The maximum atomic E-state index is 12.5. The summed E-state index contributed by atoms with van der Waals surface area (Å²) in [4.78, 5) is 12.5. The number of rotatable bonds is 4. The van der Waals surface area contributed by atoms with Gasteiger partial charge in [-0.25, -0.2) is 8.42 Å². The number of sulfonamides is 1. The fraction of sp³-hybridized carbons (Fsp3) is 0.353. The van der Waals surface area contributed by atoms with E-state index >= 15 is 0 Å². The predicted octanol–water partition coefficient (Wildman–Crippen LogP) is 3.75. The van der Waals surface area contributed by atoms with Gasteiger partial charge in [0.25, 0.3) is 10.0 Å². The molecule has 0 radical (unpaired) electrons. The Hall–Kier alpha value is -1.41.